The summed E-state index contributed by atoms with van der Waals surface area (Å²) in [7, 11) is 1.63. The van der Waals surface area contributed by atoms with Crippen LogP contribution in [0.5, 0.6) is 5.75 Å². The van der Waals surface area contributed by atoms with Crippen molar-refractivity contribution in [3.8, 4) is 5.75 Å². The number of ether oxygens (including phenoxy) is 3. The van der Waals surface area contributed by atoms with Crippen molar-refractivity contribution in [3.05, 3.63) is 23.8 Å². The lowest BCUT2D eigenvalue weighted by atomic mass is 10.0. The number of aliphatic hydroxyl groups excluding tert-OH is 1. The molecule has 2 unspecified atom stereocenters. The number of fused-ring (bicyclic) bond motifs is 1. The fourth-order valence-corrected chi connectivity index (χ4v) is 2.39. The summed E-state index contributed by atoms with van der Waals surface area (Å²) < 4.78 is 16.2. The minimum absolute atomic E-state index is 0.0317. The molecule has 1 aromatic carbocycles. The van der Waals surface area contributed by atoms with Gasteiger partial charge in [0, 0.05) is 13.7 Å². The first-order valence-electron chi connectivity index (χ1n) is 7.48. The second-order valence-electron chi connectivity index (χ2n) is 5.38. The Morgan fingerprint density at radius 1 is 1.29 bits per heavy atom. The van der Waals surface area contributed by atoms with Gasteiger partial charge in [-0.25, -0.2) is 0 Å². The van der Waals surface area contributed by atoms with Crippen LogP contribution in [0.3, 0.4) is 0 Å². The Hall–Kier alpha value is -1.30. The highest BCUT2D eigenvalue weighted by Gasteiger charge is 2.15. The van der Waals surface area contributed by atoms with E-state index in [9.17, 15) is 5.11 Å². The maximum atomic E-state index is 9.92. The van der Waals surface area contributed by atoms with Crippen molar-refractivity contribution in [3.63, 3.8) is 0 Å². The number of benzene rings is 1. The van der Waals surface area contributed by atoms with Crippen LogP contribution in [-0.4, -0.2) is 50.8 Å². The van der Waals surface area contributed by atoms with Gasteiger partial charge in [-0.2, -0.15) is 0 Å². The van der Waals surface area contributed by atoms with Gasteiger partial charge in [-0.3, -0.25) is 0 Å². The van der Waals surface area contributed by atoms with Gasteiger partial charge in [0.15, 0.2) is 0 Å². The van der Waals surface area contributed by atoms with Gasteiger partial charge in [0.25, 0.3) is 0 Å². The summed E-state index contributed by atoms with van der Waals surface area (Å²) in [6.07, 6.45) is 1.53. The summed E-state index contributed by atoms with van der Waals surface area (Å²) >= 11 is 0. The van der Waals surface area contributed by atoms with Gasteiger partial charge in [0.2, 0.25) is 0 Å². The first-order chi connectivity index (χ1) is 10.2. The number of anilines is 1. The summed E-state index contributed by atoms with van der Waals surface area (Å²) in [4.78, 5) is 0. The lowest BCUT2D eigenvalue weighted by molar-refractivity contribution is -0.0422. The molecule has 5 nitrogen and oxygen atoms in total. The Labute approximate surface area is 126 Å². The number of nitrogens with one attached hydrogen (secondary N) is 1. The smallest absolute Gasteiger partial charge is 0.142 e. The van der Waals surface area contributed by atoms with Crippen molar-refractivity contribution in [2.75, 3.05) is 38.8 Å². The zero-order chi connectivity index (χ0) is 15.1. The van der Waals surface area contributed by atoms with Gasteiger partial charge in [-0.15, -0.1) is 0 Å². The summed E-state index contributed by atoms with van der Waals surface area (Å²) in [6, 6.07) is 6.03. The van der Waals surface area contributed by atoms with Gasteiger partial charge in [-0.05, 0) is 31.4 Å². The van der Waals surface area contributed by atoms with Gasteiger partial charge < -0.3 is 24.6 Å². The van der Waals surface area contributed by atoms with Gasteiger partial charge in [-0.1, -0.05) is 12.1 Å². The molecule has 118 valence electrons. The molecule has 0 bridgehead atoms. The van der Waals surface area contributed by atoms with Crippen LogP contribution in [0.4, 0.5) is 5.69 Å². The molecule has 0 aliphatic carbocycles. The van der Waals surface area contributed by atoms with Crippen LogP contribution >= 0.6 is 0 Å². The van der Waals surface area contributed by atoms with E-state index in [-0.39, 0.29) is 19.3 Å². The second-order valence-corrected chi connectivity index (χ2v) is 5.38. The maximum Gasteiger partial charge on any atom is 0.142 e. The average Bonchev–Trinajstić information content (AvgIpc) is 2.51. The van der Waals surface area contributed by atoms with Crippen molar-refractivity contribution in [1.82, 2.24) is 0 Å². The van der Waals surface area contributed by atoms with Crippen molar-refractivity contribution >= 4 is 5.69 Å². The Balaban J connectivity index is 1.80. The highest BCUT2D eigenvalue weighted by molar-refractivity contribution is 5.63. The SMILES string of the molecule is COCC(C)OCC(O)COc1cccc2c1NCCC2. The van der Waals surface area contributed by atoms with Crippen LogP contribution in [0.2, 0.25) is 0 Å². The van der Waals surface area contributed by atoms with Crippen molar-refractivity contribution in [2.45, 2.75) is 32.0 Å². The predicted octanol–water partition coefficient (Wildman–Crippen LogP) is 1.84. The maximum absolute atomic E-state index is 9.92. The van der Waals surface area contributed by atoms with E-state index >= 15 is 0 Å². The molecular formula is C16H25NO4. The third-order valence-electron chi connectivity index (χ3n) is 3.44. The Kier molecular flexibility index (Phi) is 6.29. The van der Waals surface area contributed by atoms with Gasteiger partial charge in [0.05, 0.1) is 25.0 Å². The van der Waals surface area contributed by atoms with E-state index in [1.807, 2.05) is 19.1 Å². The zero-order valence-electron chi connectivity index (χ0n) is 12.8. The van der Waals surface area contributed by atoms with Crippen LogP contribution in [0.1, 0.15) is 18.9 Å². The first-order valence-corrected chi connectivity index (χ1v) is 7.48. The van der Waals surface area contributed by atoms with Crippen molar-refractivity contribution < 1.29 is 19.3 Å². The van der Waals surface area contributed by atoms with Crippen molar-refractivity contribution in [2.24, 2.45) is 0 Å². The number of hydrogen-bond acceptors (Lipinski definition) is 5. The number of aryl methyl sites for hydroxylation is 1. The molecule has 2 N–H and O–H groups in total. The normalized spacial score (nSPS) is 16.7. The van der Waals surface area contributed by atoms with E-state index in [4.69, 9.17) is 14.2 Å². The molecule has 1 heterocycles. The standard InChI is InChI=1S/C16H25NO4/c1-12(9-19-2)20-10-14(18)11-21-15-7-3-5-13-6-4-8-17-16(13)15/h3,5,7,12,14,17-18H,4,6,8-11H2,1-2H3. The number of aliphatic hydroxyl groups is 1. The first kappa shape index (κ1) is 16.1. The molecule has 0 saturated carbocycles. The van der Waals surface area contributed by atoms with E-state index in [0.29, 0.717) is 6.61 Å². The third kappa shape index (κ3) is 4.88. The fraction of sp³-hybridized carbons (Fsp3) is 0.625. The van der Waals surface area contributed by atoms with E-state index in [2.05, 4.69) is 11.4 Å². The van der Waals surface area contributed by atoms with E-state index in [1.54, 1.807) is 7.11 Å². The van der Waals surface area contributed by atoms with Gasteiger partial charge >= 0.3 is 0 Å². The van der Waals surface area contributed by atoms with E-state index in [0.717, 1.165) is 30.8 Å². The van der Waals surface area contributed by atoms with Crippen LogP contribution in [0.15, 0.2) is 18.2 Å². The molecule has 0 fully saturated rings. The minimum Gasteiger partial charge on any atom is -0.489 e. The molecule has 2 rings (SSSR count). The average molecular weight is 295 g/mol. The minimum atomic E-state index is -0.649. The molecule has 0 saturated heterocycles. The molecule has 1 aliphatic rings. The highest BCUT2D eigenvalue weighted by atomic mass is 16.5. The third-order valence-corrected chi connectivity index (χ3v) is 3.44. The van der Waals surface area contributed by atoms with Gasteiger partial charge in [0.1, 0.15) is 18.5 Å². The number of hydrogen-bond donors (Lipinski definition) is 2. The topological polar surface area (TPSA) is 60.0 Å². The summed E-state index contributed by atoms with van der Waals surface area (Å²) in [5.74, 6) is 0.802. The monoisotopic (exact) mass is 295 g/mol. The molecule has 21 heavy (non-hydrogen) atoms. The molecule has 0 radical (unpaired) electrons. The quantitative estimate of drug-likeness (QED) is 0.766. The molecule has 5 heteroatoms. The van der Waals surface area contributed by atoms with Crippen molar-refractivity contribution in [1.29, 1.82) is 0 Å². The molecule has 1 aliphatic heterocycles. The van der Waals surface area contributed by atoms with Crippen LogP contribution < -0.4 is 10.1 Å². The molecule has 0 aromatic heterocycles. The molecule has 0 amide bonds. The number of para-hydroxylation sites is 1. The van der Waals surface area contributed by atoms with Crippen LogP contribution in [-0.2, 0) is 15.9 Å². The fourth-order valence-electron chi connectivity index (χ4n) is 2.39. The summed E-state index contributed by atoms with van der Waals surface area (Å²) in [5, 5.41) is 13.3. The Bertz CT molecular complexity index is 438. The molecule has 1 aromatic rings. The van der Waals surface area contributed by atoms with Crippen LogP contribution in [0, 0.1) is 0 Å². The Morgan fingerprint density at radius 3 is 2.95 bits per heavy atom. The second kappa shape index (κ2) is 8.22. The lowest BCUT2D eigenvalue weighted by Crippen LogP contribution is -2.27. The summed E-state index contributed by atoms with van der Waals surface area (Å²) in [6.45, 7) is 3.86. The zero-order valence-corrected chi connectivity index (χ0v) is 12.8. The lowest BCUT2D eigenvalue weighted by Gasteiger charge is -2.22. The highest BCUT2D eigenvalue weighted by Crippen LogP contribution is 2.31. The van der Waals surface area contributed by atoms with E-state index < -0.39 is 6.10 Å². The molecule has 2 atom stereocenters. The molecular weight excluding hydrogens is 270 g/mol. The van der Waals surface area contributed by atoms with E-state index in [1.165, 1.54) is 5.56 Å². The Morgan fingerprint density at radius 2 is 2.14 bits per heavy atom. The summed E-state index contributed by atoms with van der Waals surface area (Å²) in [5.41, 5.74) is 2.34. The van der Waals surface area contributed by atoms with Crippen LogP contribution in [0.25, 0.3) is 0 Å². The number of rotatable bonds is 8. The largest absolute Gasteiger partial charge is 0.489 e. The number of methoxy groups -OCH3 is 1. The predicted molar refractivity (Wildman–Crippen MR) is 82.0 cm³/mol. The molecule has 0 spiro atoms.